The summed E-state index contributed by atoms with van der Waals surface area (Å²) in [6.45, 7) is 6.46. The van der Waals surface area contributed by atoms with E-state index in [1.165, 1.54) is 6.08 Å². The number of aryl methyl sites for hydroxylation is 1. The van der Waals surface area contributed by atoms with Crippen LogP contribution in [0.3, 0.4) is 0 Å². The highest BCUT2D eigenvalue weighted by Gasteiger charge is 2.16. The predicted molar refractivity (Wildman–Crippen MR) is 102 cm³/mol. The zero-order chi connectivity index (χ0) is 18.4. The van der Waals surface area contributed by atoms with Gasteiger partial charge in [0.2, 0.25) is 5.78 Å². The van der Waals surface area contributed by atoms with Crippen molar-refractivity contribution in [1.29, 1.82) is 0 Å². The summed E-state index contributed by atoms with van der Waals surface area (Å²) < 4.78 is 7.14. The number of hydrogen-bond donors (Lipinski definition) is 0. The molecule has 4 nitrogen and oxygen atoms in total. The van der Waals surface area contributed by atoms with Gasteiger partial charge in [-0.3, -0.25) is 4.79 Å². The van der Waals surface area contributed by atoms with Gasteiger partial charge in [-0.05, 0) is 56.9 Å². The fourth-order valence-electron chi connectivity index (χ4n) is 2.71. The van der Waals surface area contributed by atoms with Crippen molar-refractivity contribution in [1.82, 2.24) is 4.57 Å². The second-order valence-electron chi connectivity index (χ2n) is 5.67. The number of carbonyl (C=O) groups is 2. The number of thioether (sulfide) groups is 1. The zero-order valence-corrected chi connectivity index (χ0v) is 15.9. The Balaban J connectivity index is 1.92. The Morgan fingerprint density at radius 3 is 2.44 bits per heavy atom. The molecule has 0 unspecified atom stereocenters. The second-order valence-corrected chi connectivity index (χ2v) is 6.55. The van der Waals surface area contributed by atoms with E-state index in [-0.39, 0.29) is 12.4 Å². The van der Waals surface area contributed by atoms with E-state index < -0.39 is 5.97 Å². The summed E-state index contributed by atoms with van der Waals surface area (Å²) in [7, 11) is 0. The Morgan fingerprint density at radius 2 is 1.88 bits per heavy atom. The molecule has 0 spiro atoms. The van der Waals surface area contributed by atoms with E-state index in [0.717, 1.165) is 28.4 Å². The van der Waals surface area contributed by atoms with E-state index in [4.69, 9.17) is 4.74 Å². The molecule has 0 aliphatic carbocycles. The van der Waals surface area contributed by atoms with Crippen molar-refractivity contribution in [3.8, 4) is 0 Å². The monoisotopic (exact) mass is 357 g/mol. The number of hydrogen-bond acceptors (Lipinski definition) is 4. The lowest BCUT2D eigenvalue weighted by Crippen LogP contribution is -2.13. The van der Waals surface area contributed by atoms with Gasteiger partial charge in [-0.25, -0.2) is 4.79 Å². The number of nitrogens with zero attached hydrogens (tertiary/aromatic N) is 1. The number of Topliss-reactive ketones (excluding diaryl/α,β-unsaturated/α-hetero) is 1. The summed E-state index contributed by atoms with van der Waals surface area (Å²) in [6.07, 6.45) is 5.04. The molecule has 0 amide bonds. The Bertz CT molecular complexity index is 788. The standard InChI is InChI=1S/C20H23NO3S/c1-5-21-14(2)12-18(15(21)3)19(22)13-24-20(23)11-8-16-6-9-17(25-4)10-7-16/h6-12H,5,13H2,1-4H3/b11-8+. The highest BCUT2D eigenvalue weighted by atomic mass is 32.2. The molecule has 25 heavy (non-hydrogen) atoms. The summed E-state index contributed by atoms with van der Waals surface area (Å²) in [5.74, 6) is -0.703. The molecule has 0 atom stereocenters. The third-order valence-electron chi connectivity index (χ3n) is 4.06. The summed E-state index contributed by atoms with van der Waals surface area (Å²) in [5.41, 5.74) is 3.46. The summed E-state index contributed by atoms with van der Waals surface area (Å²) >= 11 is 1.66. The number of esters is 1. The molecule has 132 valence electrons. The largest absolute Gasteiger partial charge is 0.454 e. The molecular formula is C20H23NO3S. The smallest absolute Gasteiger partial charge is 0.331 e. The first kappa shape index (κ1) is 19.1. The van der Waals surface area contributed by atoms with Gasteiger partial charge in [0, 0.05) is 34.5 Å². The summed E-state index contributed by atoms with van der Waals surface area (Å²) in [6, 6.07) is 9.68. The van der Waals surface area contributed by atoms with Crippen LogP contribution in [-0.4, -0.2) is 29.2 Å². The van der Waals surface area contributed by atoms with E-state index in [9.17, 15) is 9.59 Å². The Kier molecular flexibility index (Phi) is 6.65. The van der Waals surface area contributed by atoms with Gasteiger partial charge in [0.1, 0.15) is 0 Å². The van der Waals surface area contributed by atoms with Crippen molar-refractivity contribution in [2.45, 2.75) is 32.2 Å². The Hall–Kier alpha value is -2.27. The van der Waals surface area contributed by atoms with Crippen molar-refractivity contribution in [3.63, 3.8) is 0 Å². The van der Waals surface area contributed by atoms with Gasteiger partial charge in [0.15, 0.2) is 6.61 Å². The molecule has 1 aromatic carbocycles. The van der Waals surface area contributed by atoms with E-state index in [1.54, 1.807) is 17.8 Å². The van der Waals surface area contributed by atoms with Crippen LogP contribution in [0.15, 0.2) is 41.3 Å². The van der Waals surface area contributed by atoms with E-state index in [1.807, 2.05) is 57.4 Å². The van der Waals surface area contributed by atoms with Gasteiger partial charge in [-0.15, -0.1) is 11.8 Å². The lowest BCUT2D eigenvalue weighted by molar-refractivity contribution is -0.136. The van der Waals surface area contributed by atoms with Crippen molar-refractivity contribution in [2.75, 3.05) is 12.9 Å². The average Bonchev–Trinajstić information content (AvgIpc) is 2.92. The maximum atomic E-state index is 12.3. The first-order valence-electron chi connectivity index (χ1n) is 8.15. The molecule has 1 heterocycles. The third kappa shape index (κ3) is 4.86. The minimum Gasteiger partial charge on any atom is -0.454 e. The van der Waals surface area contributed by atoms with Crippen molar-refractivity contribution in [3.05, 3.63) is 58.9 Å². The lowest BCUT2D eigenvalue weighted by atomic mass is 10.1. The number of aromatic nitrogens is 1. The molecule has 0 bridgehead atoms. The first-order valence-corrected chi connectivity index (χ1v) is 9.37. The van der Waals surface area contributed by atoms with Crippen LogP contribution < -0.4 is 0 Å². The van der Waals surface area contributed by atoms with Crippen molar-refractivity contribution < 1.29 is 14.3 Å². The molecule has 0 aliphatic rings. The number of ether oxygens (including phenoxy) is 1. The van der Waals surface area contributed by atoms with Gasteiger partial charge >= 0.3 is 5.97 Å². The van der Waals surface area contributed by atoms with Crippen LogP contribution in [0.4, 0.5) is 0 Å². The van der Waals surface area contributed by atoms with Gasteiger partial charge < -0.3 is 9.30 Å². The van der Waals surface area contributed by atoms with Crippen LogP contribution >= 0.6 is 11.8 Å². The molecule has 0 aliphatic heterocycles. The van der Waals surface area contributed by atoms with Crippen molar-refractivity contribution >= 4 is 29.6 Å². The Morgan fingerprint density at radius 1 is 1.20 bits per heavy atom. The molecular weight excluding hydrogens is 334 g/mol. The molecule has 2 rings (SSSR count). The van der Waals surface area contributed by atoms with Crippen LogP contribution in [0, 0.1) is 13.8 Å². The lowest BCUT2D eigenvalue weighted by Gasteiger charge is -2.05. The van der Waals surface area contributed by atoms with Crippen LogP contribution in [0.25, 0.3) is 6.08 Å². The van der Waals surface area contributed by atoms with Gasteiger partial charge in [-0.2, -0.15) is 0 Å². The highest BCUT2D eigenvalue weighted by molar-refractivity contribution is 7.98. The van der Waals surface area contributed by atoms with E-state index in [2.05, 4.69) is 4.57 Å². The van der Waals surface area contributed by atoms with Crippen LogP contribution in [-0.2, 0) is 16.1 Å². The molecule has 5 heteroatoms. The predicted octanol–water partition coefficient (Wildman–Crippen LogP) is 4.29. The SMILES string of the molecule is CCn1c(C)cc(C(=O)COC(=O)/C=C/c2ccc(SC)cc2)c1C. The van der Waals surface area contributed by atoms with E-state index >= 15 is 0 Å². The van der Waals surface area contributed by atoms with E-state index in [0.29, 0.717) is 5.56 Å². The third-order valence-corrected chi connectivity index (χ3v) is 4.81. The quantitative estimate of drug-likeness (QED) is 0.321. The number of benzene rings is 1. The first-order chi connectivity index (χ1) is 12.0. The summed E-state index contributed by atoms with van der Waals surface area (Å²) in [5, 5.41) is 0. The number of carbonyl (C=O) groups excluding carboxylic acids is 2. The average molecular weight is 357 g/mol. The minimum atomic E-state index is -0.522. The van der Waals surface area contributed by atoms with Crippen LogP contribution in [0.5, 0.6) is 0 Å². The normalized spacial score (nSPS) is 11.0. The van der Waals surface area contributed by atoms with Crippen molar-refractivity contribution in [2.24, 2.45) is 0 Å². The maximum absolute atomic E-state index is 12.3. The Labute approximate surface area is 152 Å². The number of ketones is 1. The second kappa shape index (κ2) is 8.72. The maximum Gasteiger partial charge on any atom is 0.331 e. The van der Waals surface area contributed by atoms with Crippen LogP contribution in [0.2, 0.25) is 0 Å². The zero-order valence-electron chi connectivity index (χ0n) is 15.0. The highest BCUT2D eigenvalue weighted by Crippen LogP contribution is 2.16. The minimum absolute atomic E-state index is 0.182. The van der Waals surface area contributed by atoms with Gasteiger partial charge in [0.05, 0.1) is 0 Å². The fourth-order valence-corrected chi connectivity index (χ4v) is 3.12. The molecule has 0 saturated carbocycles. The molecule has 2 aromatic rings. The molecule has 1 aromatic heterocycles. The summed E-state index contributed by atoms with van der Waals surface area (Å²) in [4.78, 5) is 25.3. The fraction of sp³-hybridized carbons (Fsp3) is 0.300. The topological polar surface area (TPSA) is 48.3 Å². The number of rotatable bonds is 7. The molecule has 0 saturated heterocycles. The van der Waals surface area contributed by atoms with Crippen LogP contribution in [0.1, 0.15) is 34.2 Å². The molecule has 0 radical (unpaired) electrons. The molecule has 0 fully saturated rings. The van der Waals surface area contributed by atoms with Gasteiger partial charge in [-0.1, -0.05) is 12.1 Å². The molecule has 0 N–H and O–H groups in total. The van der Waals surface area contributed by atoms with Gasteiger partial charge in [0.25, 0.3) is 0 Å².